The van der Waals surface area contributed by atoms with Crippen LogP contribution >= 0.6 is 11.8 Å². The maximum Gasteiger partial charge on any atom is 0.230 e. The molecule has 2 heterocycles. The third-order valence-electron chi connectivity index (χ3n) is 3.50. The number of rotatable bonds is 5. The molecule has 5 nitrogen and oxygen atoms in total. The van der Waals surface area contributed by atoms with E-state index in [0.717, 1.165) is 28.9 Å². The number of aromatic nitrogens is 2. The molecule has 0 saturated carbocycles. The molecule has 0 saturated heterocycles. The Labute approximate surface area is 133 Å². The molecule has 6 heteroatoms. The molecule has 0 spiro atoms. The van der Waals surface area contributed by atoms with E-state index in [1.54, 1.807) is 12.4 Å². The van der Waals surface area contributed by atoms with E-state index in [4.69, 9.17) is 4.74 Å². The SMILES string of the molecule is CSCC(=O)NCC1Cc2cccc(-c3cncnc3)c2O1. The van der Waals surface area contributed by atoms with Crippen LogP contribution in [0.1, 0.15) is 5.56 Å². The average Bonchev–Trinajstić information content (AvgIpc) is 2.97. The Morgan fingerprint density at radius 1 is 1.41 bits per heavy atom. The van der Waals surface area contributed by atoms with Gasteiger partial charge < -0.3 is 10.1 Å². The van der Waals surface area contributed by atoms with E-state index in [9.17, 15) is 4.79 Å². The van der Waals surface area contributed by atoms with Gasteiger partial charge in [0, 0.05) is 29.9 Å². The Morgan fingerprint density at radius 3 is 3.00 bits per heavy atom. The van der Waals surface area contributed by atoms with Crippen LogP contribution in [0.5, 0.6) is 5.75 Å². The highest BCUT2D eigenvalue weighted by molar-refractivity contribution is 7.99. The highest BCUT2D eigenvalue weighted by atomic mass is 32.2. The van der Waals surface area contributed by atoms with E-state index in [0.29, 0.717) is 12.3 Å². The van der Waals surface area contributed by atoms with Crippen LogP contribution in [0.2, 0.25) is 0 Å². The molecule has 1 aliphatic heterocycles. The number of ether oxygens (including phenoxy) is 1. The maximum absolute atomic E-state index is 11.6. The number of carbonyl (C=O) groups excluding carboxylic acids is 1. The van der Waals surface area contributed by atoms with E-state index in [-0.39, 0.29) is 12.0 Å². The van der Waals surface area contributed by atoms with Crippen LogP contribution in [-0.4, -0.2) is 40.5 Å². The third kappa shape index (κ3) is 3.22. The Balaban J connectivity index is 1.72. The number of benzene rings is 1. The van der Waals surface area contributed by atoms with Gasteiger partial charge >= 0.3 is 0 Å². The summed E-state index contributed by atoms with van der Waals surface area (Å²) in [4.78, 5) is 19.7. The number of hydrogen-bond donors (Lipinski definition) is 1. The quantitative estimate of drug-likeness (QED) is 0.913. The number of nitrogens with zero attached hydrogens (tertiary/aromatic N) is 2. The van der Waals surface area contributed by atoms with E-state index in [2.05, 4.69) is 21.4 Å². The Bertz CT molecular complexity index is 664. The Morgan fingerprint density at radius 2 is 2.23 bits per heavy atom. The highest BCUT2D eigenvalue weighted by Crippen LogP contribution is 2.38. The van der Waals surface area contributed by atoms with Crippen LogP contribution in [0.3, 0.4) is 0 Å². The first-order valence-corrected chi connectivity index (χ1v) is 8.47. The van der Waals surface area contributed by atoms with Gasteiger partial charge in [-0.1, -0.05) is 18.2 Å². The monoisotopic (exact) mass is 315 g/mol. The molecule has 0 fully saturated rings. The van der Waals surface area contributed by atoms with Crippen molar-refractivity contribution in [2.75, 3.05) is 18.6 Å². The van der Waals surface area contributed by atoms with E-state index in [1.807, 2.05) is 18.4 Å². The molecule has 1 aromatic carbocycles. The van der Waals surface area contributed by atoms with Crippen molar-refractivity contribution in [1.82, 2.24) is 15.3 Å². The molecular formula is C16H17N3O2S. The zero-order chi connectivity index (χ0) is 15.4. The van der Waals surface area contributed by atoms with Gasteiger partial charge in [0.05, 0.1) is 12.3 Å². The summed E-state index contributed by atoms with van der Waals surface area (Å²) in [5, 5.41) is 2.91. The molecule has 1 unspecified atom stereocenters. The molecule has 1 amide bonds. The minimum absolute atomic E-state index is 0.0217. The zero-order valence-corrected chi connectivity index (χ0v) is 13.1. The fourth-order valence-corrected chi connectivity index (χ4v) is 2.89. The average molecular weight is 315 g/mol. The standard InChI is InChI=1S/C16H17N3O2S/c1-22-9-15(20)19-8-13-5-11-3-2-4-14(16(11)21-13)12-6-17-10-18-7-12/h2-4,6-7,10,13H,5,8-9H2,1H3,(H,19,20). The Kier molecular flexibility index (Phi) is 4.58. The molecule has 0 aliphatic carbocycles. The first kappa shape index (κ1) is 14.8. The second-order valence-corrected chi connectivity index (χ2v) is 5.97. The van der Waals surface area contributed by atoms with Crippen molar-refractivity contribution in [3.63, 3.8) is 0 Å². The molecule has 114 valence electrons. The van der Waals surface area contributed by atoms with Crippen molar-refractivity contribution in [3.8, 4) is 16.9 Å². The summed E-state index contributed by atoms with van der Waals surface area (Å²) in [6.07, 6.45) is 7.76. The number of para-hydroxylation sites is 1. The molecular weight excluding hydrogens is 298 g/mol. The number of thioether (sulfide) groups is 1. The molecule has 2 aromatic rings. The lowest BCUT2D eigenvalue weighted by atomic mass is 10.0. The predicted molar refractivity (Wildman–Crippen MR) is 87.0 cm³/mol. The fraction of sp³-hybridized carbons (Fsp3) is 0.312. The summed E-state index contributed by atoms with van der Waals surface area (Å²) < 4.78 is 6.04. The van der Waals surface area contributed by atoms with Crippen LogP contribution in [0.25, 0.3) is 11.1 Å². The summed E-state index contributed by atoms with van der Waals surface area (Å²) in [6.45, 7) is 0.527. The van der Waals surface area contributed by atoms with Crippen LogP contribution in [0.15, 0.2) is 36.9 Å². The number of nitrogens with one attached hydrogen (secondary N) is 1. The third-order valence-corrected chi connectivity index (χ3v) is 4.05. The zero-order valence-electron chi connectivity index (χ0n) is 12.3. The van der Waals surface area contributed by atoms with Gasteiger partial charge in [-0.05, 0) is 11.8 Å². The number of hydrogen-bond acceptors (Lipinski definition) is 5. The van der Waals surface area contributed by atoms with Gasteiger partial charge in [-0.2, -0.15) is 11.8 Å². The summed E-state index contributed by atoms with van der Waals surface area (Å²) in [5.74, 6) is 1.40. The first-order chi connectivity index (χ1) is 10.8. The lowest BCUT2D eigenvalue weighted by Crippen LogP contribution is -2.35. The molecule has 0 bridgehead atoms. The topological polar surface area (TPSA) is 64.1 Å². The highest BCUT2D eigenvalue weighted by Gasteiger charge is 2.26. The van der Waals surface area contributed by atoms with Crippen molar-refractivity contribution < 1.29 is 9.53 Å². The van der Waals surface area contributed by atoms with Gasteiger partial charge in [0.25, 0.3) is 0 Å². The van der Waals surface area contributed by atoms with Gasteiger partial charge in [-0.15, -0.1) is 0 Å². The first-order valence-electron chi connectivity index (χ1n) is 7.07. The smallest absolute Gasteiger partial charge is 0.230 e. The lowest BCUT2D eigenvalue weighted by Gasteiger charge is -2.13. The molecule has 3 rings (SSSR count). The maximum atomic E-state index is 11.6. The summed E-state index contributed by atoms with van der Waals surface area (Å²) in [7, 11) is 0. The molecule has 1 N–H and O–H groups in total. The summed E-state index contributed by atoms with van der Waals surface area (Å²) in [6, 6.07) is 6.08. The van der Waals surface area contributed by atoms with Crippen LogP contribution in [0, 0.1) is 0 Å². The van der Waals surface area contributed by atoms with Crippen molar-refractivity contribution >= 4 is 17.7 Å². The molecule has 1 atom stereocenters. The fourth-order valence-electron chi connectivity index (χ4n) is 2.53. The van der Waals surface area contributed by atoms with Gasteiger partial charge in [0.15, 0.2) is 0 Å². The number of amides is 1. The summed E-state index contributed by atoms with van der Waals surface area (Å²) in [5.41, 5.74) is 3.09. The van der Waals surface area contributed by atoms with Gasteiger partial charge in [0.2, 0.25) is 5.91 Å². The molecule has 1 aromatic heterocycles. The van der Waals surface area contributed by atoms with Crippen molar-refractivity contribution in [2.24, 2.45) is 0 Å². The minimum atomic E-state index is -0.0217. The van der Waals surface area contributed by atoms with Gasteiger partial charge in [0.1, 0.15) is 18.2 Å². The number of fused-ring (bicyclic) bond motifs is 1. The molecule has 22 heavy (non-hydrogen) atoms. The van der Waals surface area contributed by atoms with Crippen LogP contribution < -0.4 is 10.1 Å². The van der Waals surface area contributed by atoms with Crippen LogP contribution in [0.4, 0.5) is 0 Å². The van der Waals surface area contributed by atoms with Crippen LogP contribution in [-0.2, 0) is 11.2 Å². The second kappa shape index (κ2) is 6.79. The lowest BCUT2D eigenvalue weighted by molar-refractivity contribution is -0.118. The summed E-state index contributed by atoms with van der Waals surface area (Å²) >= 11 is 1.51. The molecule has 0 radical (unpaired) electrons. The minimum Gasteiger partial charge on any atom is -0.487 e. The normalized spacial score (nSPS) is 16.0. The Hall–Kier alpha value is -2.08. The van der Waals surface area contributed by atoms with E-state index in [1.165, 1.54) is 18.1 Å². The van der Waals surface area contributed by atoms with Gasteiger partial charge in [-0.25, -0.2) is 9.97 Å². The van der Waals surface area contributed by atoms with Gasteiger partial charge in [-0.3, -0.25) is 4.79 Å². The van der Waals surface area contributed by atoms with Crippen molar-refractivity contribution in [3.05, 3.63) is 42.5 Å². The van der Waals surface area contributed by atoms with E-state index >= 15 is 0 Å². The second-order valence-electron chi connectivity index (χ2n) is 5.10. The predicted octanol–water partition coefficient (Wildman–Crippen LogP) is 1.93. The van der Waals surface area contributed by atoms with E-state index < -0.39 is 0 Å². The largest absolute Gasteiger partial charge is 0.487 e. The molecule has 1 aliphatic rings. The number of carbonyl (C=O) groups is 1. The van der Waals surface area contributed by atoms with Crippen molar-refractivity contribution in [2.45, 2.75) is 12.5 Å². The van der Waals surface area contributed by atoms with Crippen molar-refractivity contribution in [1.29, 1.82) is 0 Å².